The van der Waals surface area contributed by atoms with Crippen LogP contribution in [-0.4, -0.2) is 71.1 Å². The molecule has 0 rings (SSSR count). The van der Waals surface area contributed by atoms with Gasteiger partial charge in [-0.15, -0.1) is 0 Å². The van der Waals surface area contributed by atoms with Gasteiger partial charge in [0, 0.05) is 0 Å². The quantitative estimate of drug-likeness (QED) is 0.152. The number of carboxylic acids is 2. The van der Waals surface area contributed by atoms with Crippen molar-refractivity contribution in [3.63, 3.8) is 0 Å². The van der Waals surface area contributed by atoms with Crippen molar-refractivity contribution < 1.29 is 34.2 Å². The van der Waals surface area contributed by atoms with Crippen molar-refractivity contribution in [3.05, 3.63) is 0 Å². The molecule has 0 saturated carbocycles. The van der Waals surface area contributed by atoms with Crippen molar-refractivity contribution in [2.75, 3.05) is 13.1 Å². The Morgan fingerprint density at radius 2 is 1.48 bits per heavy atom. The van der Waals surface area contributed by atoms with Crippen molar-refractivity contribution >= 4 is 29.7 Å². The van der Waals surface area contributed by atoms with Crippen LogP contribution in [0.15, 0.2) is 0 Å². The third kappa shape index (κ3) is 10.4. The van der Waals surface area contributed by atoms with Gasteiger partial charge in [0.15, 0.2) is 0 Å². The maximum atomic E-state index is 12.6. The van der Waals surface area contributed by atoms with Gasteiger partial charge in [0.25, 0.3) is 0 Å². The third-order valence-corrected chi connectivity index (χ3v) is 4.02. The van der Waals surface area contributed by atoms with Gasteiger partial charge >= 0.3 is 11.9 Å². The average molecular weight is 417 g/mol. The molecule has 166 valence electrons. The van der Waals surface area contributed by atoms with Crippen LogP contribution in [0.3, 0.4) is 0 Å². The fourth-order valence-corrected chi connectivity index (χ4v) is 2.44. The average Bonchev–Trinajstić information content (AvgIpc) is 2.63. The van der Waals surface area contributed by atoms with Crippen LogP contribution < -0.4 is 27.4 Å². The lowest BCUT2D eigenvalue weighted by atomic mass is 10.0. The van der Waals surface area contributed by atoms with Gasteiger partial charge in [0.2, 0.25) is 17.7 Å². The summed E-state index contributed by atoms with van der Waals surface area (Å²) in [4.78, 5) is 58.6. The zero-order valence-electron chi connectivity index (χ0n) is 16.6. The number of rotatable bonds is 14. The van der Waals surface area contributed by atoms with Crippen LogP contribution in [0.1, 0.15) is 39.5 Å². The van der Waals surface area contributed by atoms with Crippen LogP contribution >= 0.6 is 0 Å². The van der Waals surface area contributed by atoms with E-state index < -0.39 is 60.1 Å². The number of carbonyl (C=O) groups is 5. The summed E-state index contributed by atoms with van der Waals surface area (Å²) in [6, 6.07) is -3.72. The second-order valence-electron chi connectivity index (χ2n) is 6.84. The van der Waals surface area contributed by atoms with Crippen molar-refractivity contribution in [3.8, 4) is 0 Å². The Kier molecular flexibility index (Phi) is 12.2. The third-order valence-electron chi connectivity index (χ3n) is 4.02. The Bertz CT molecular complexity index is 597. The lowest BCUT2D eigenvalue weighted by Gasteiger charge is -2.26. The van der Waals surface area contributed by atoms with E-state index >= 15 is 0 Å². The Labute approximate surface area is 168 Å². The number of nitrogens with two attached hydrogens (primary N) is 2. The molecule has 0 fully saturated rings. The van der Waals surface area contributed by atoms with Crippen LogP contribution in [-0.2, 0) is 24.0 Å². The molecule has 0 spiro atoms. The Hall–Kier alpha value is -2.73. The number of unbranched alkanes of at least 4 members (excludes halogenated alkanes) is 1. The molecule has 0 radical (unpaired) electrons. The summed E-state index contributed by atoms with van der Waals surface area (Å²) < 4.78 is 0. The van der Waals surface area contributed by atoms with Crippen LogP contribution in [0.5, 0.6) is 0 Å². The number of amides is 3. The number of carbonyl (C=O) groups excluding carboxylic acids is 3. The Balaban J connectivity index is 5.25. The van der Waals surface area contributed by atoms with Crippen molar-refractivity contribution in [2.45, 2.75) is 57.7 Å². The minimum Gasteiger partial charge on any atom is -0.481 e. The first-order valence-electron chi connectivity index (χ1n) is 9.28. The normalized spacial score (nSPS) is 13.8. The first-order chi connectivity index (χ1) is 13.5. The van der Waals surface area contributed by atoms with E-state index in [0.717, 1.165) is 0 Å². The highest BCUT2D eigenvalue weighted by molar-refractivity contribution is 5.94. The molecule has 12 heteroatoms. The van der Waals surface area contributed by atoms with E-state index in [1.807, 2.05) is 0 Å². The first kappa shape index (κ1) is 26.3. The molecule has 12 nitrogen and oxygen atoms in total. The van der Waals surface area contributed by atoms with E-state index in [1.54, 1.807) is 13.8 Å². The predicted octanol–water partition coefficient (Wildman–Crippen LogP) is -2.26. The van der Waals surface area contributed by atoms with Gasteiger partial charge in [-0.1, -0.05) is 13.8 Å². The maximum Gasteiger partial charge on any atom is 0.326 e. The van der Waals surface area contributed by atoms with Crippen molar-refractivity contribution in [1.29, 1.82) is 0 Å². The maximum absolute atomic E-state index is 12.6. The van der Waals surface area contributed by atoms with Crippen LogP contribution in [0.2, 0.25) is 0 Å². The molecule has 3 amide bonds. The fourth-order valence-electron chi connectivity index (χ4n) is 2.44. The molecule has 0 aromatic carbocycles. The second kappa shape index (κ2) is 13.4. The second-order valence-corrected chi connectivity index (χ2v) is 6.84. The molecule has 0 saturated heterocycles. The Morgan fingerprint density at radius 3 is 1.93 bits per heavy atom. The molecule has 29 heavy (non-hydrogen) atoms. The van der Waals surface area contributed by atoms with E-state index in [4.69, 9.17) is 21.7 Å². The molecule has 0 aliphatic carbocycles. The largest absolute Gasteiger partial charge is 0.481 e. The topological polar surface area (TPSA) is 214 Å². The van der Waals surface area contributed by atoms with Crippen molar-refractivity contribution in [1.82, 2.24) is 16.0 Å². The standard InChI is InChI=1S/C17H31N5O7/c1-9(2)14(16(27)21-11(17(28)29)7-13(24)25)22-15(26)10(5-3-4-6-18)20-12(23)8-19/h9-11,14H,3-8,18-19H2,1-2H3,(H,20,23)(H,21,27)(H,22,26)(H,24,25)(H,28,29). The SMILES string of the molecule is CC(C)C(NC(=O)C(CCCCN)NC(=O)CN)C(=O)NC(CC(=O)O)C(=O)O. The van der Waals surface area contributed by atoms with E-state index in [-0.39, 0.29) is 13.0 Å². The number of carboxylic acid groups (broad SMARTS) is 2. The van der Waals surface area contributed by atoms with Gasteiger partial charge in [0.1, 0.15) is 18.1 Å². The number of aliphatic carboxylic acids is 2. The molecule has 3 atom stereocenters. The smallest absolute Gasteiger partial charge is 0.326 e. The molecule has 9 N–H and O–H groups in total. The minimum absolute atomic E-state index is 0.276. The summed E-state index contributed by atoms with van der Waals surface area (Å²) in [6.07, 6.45) is 0.648. The molecule has 0 bridgehead atoms. The molecule has 0 aromatic heterocycles. The summed E-state index contributed by atoms with van der Waals surface area (Å²) in [5.41, 5.74) is 10.7. The minimum atomic E-state index is -1.64. The van der Waals surface area contributed by atoms with Gasteiger partial charge < -0.3 is 37.6 Å². The van der Waals surface area contributed by atoms with E-state index in [9.17, 15) is 24.0 Å². The summed E-state index contributed by atoms with van der Waals surface area (Å²) in [7, 11) is 0. The molecule has 3 unspecified atom stereocenters. The van der Waals surface area contributed by atoms with Crippen LogP contribution in [0.4, 0.5) is 0 Å². The number of hydrogen-bond acceptors (Lipinski definition) is 7. The fraction of sp³-hybridized carbons (Fsp3) is 0.706. The zero-order chi connectivity index (χ0) is 22.6. The molecular formula is C17H31N5O7. The lowest BCUT2D eigenvalue weighted by Crippen LogP contribution is -2.57. The van der Waals surface area contributed by atoms with Gasteiger partial charge in [-0.2, -0.15) is 0 Å². The summed E-state index contributed by atoms with van der Waals surface area (Å²) in [5.74, 6) is -5.36. The van der Waals surface area contributed by atoms with Gasteiger partial charge in [-0.05, 0) is 31.7 Å². The lowest BCUT2D eigenvalue weighted by molar-refractivity contribution is -0.147. The monoisotopic (exact) mass is 417 g/mol. The summed E-state index contributed by atoms with van der Waals surface area (Å²) in [6.45, 7) is 3.35. The van der Waals surface area contributed by atoms with Gasteiger partial charge in [-0.3, -0.25) is 19.2 Å². The number of hydrogen-bond donors (Lipinski definition) is 7. The van der Waals surface area contributed by atoms with Crippen molar-refractivity contribution in [2.24, 2.45) is 17.4 Å². The highest BCUT2D eigenvalue weighted by Gasteiger charge is 2.31. The molecule has 0 aliphatic rings. The highest BCUT2D eigenvalue weighted by atomic mass is 16.4. The van der Waals surface area contributed by atoms with Gasteiger partial charge in [-0.25, -0.2) is 4.79 Å². The van der Waals surface area contributed by atoms with E-state index in [0.29, 0.717) is 19.4 Å². The van der Waals surface area contributed by atoms with Gasteiger partial charge in [0.05, 0.1) is 13.0 Å². The van der Waals surface area contributed by atoms with E-state index in [2.05, 4.69) is 16.0 Å². The zero-order valence-corrected chi connectivity index (χ0v) is 16.6. The molecule has 0 aromatic rings. The van der Waals surface area contributed by atoms with E-state index in [1.165, 1.54) is 0 Å². The summed E-state index contributed by atoms with van der Waals surface area (Å²) >= 11 is 0. The number of nitrogens with one attached hydrogen (secondary N) is 3. The predicted molar refractivity (Wildman–Crippen MR) is 102 cm³/mol. The van der Waals surface area contributed by atoms with Crippen LogP contribution in [0.25, 0.3) is 0 Å². The molecular weight excluding hydrogens is 386 g/mol. The Morgan fingerprint density at radius 1 is 0.862 bits per heavy atom. The molecule has 0 heterocycles. The first-order valence-corrected chi connectivity index (χ1v) is 9.28. The summed E-state index contributed by atoms with van der Waals surface area (Å²) in [5, 5.41) is 24.9. The molecule has 0 aliphatic heterocycles. The van der Waals surface area contributed by atoms with Crippen LogP contribution in [0, 0.1) is 5.92 Å². The highest BCUT2D eigenvalue weighted by Crippen LogP contribution is 2.07.